The highest BCUT2D eigenvalue weighted by molar-refractivity contribution is 7.27. The Morgan fingerprint density at radius 2 is 0.697 bits per heavy atom. The minimum atomic E-state index is 0.280. The lowest BCUT2D eigenvalue weighted by Crippen LogP contribution is -2.12. The molecular weight excluding hydrogens is 969 g/mol. The Balaban J connectivity index is 1.18. The molecule has 6 heterocycles. The standard InChI is InChI=1S/C68H34N4O2S2/c69-35-51-52(36-70)62(38-26-32-58-50(34-38)42-16-4-10-22-56(42)74-58)66(72-54-20-8-2-14-40(54)46-28-30-48-44-18-6-12-24-60(44)76-68(48)64(46)72)65(61(51)37-25-31-57-49(33-37)41-15-3-9-21-55(41)73-57)71-53-19-7-1-13-39(53)45-27-29-47-43-17-5-11-23-59(43)75-67(47)63(45)71/h1-34H. The lowest BCUT2D eigenvalue weighted by atomic mass is 9.85. The quantitative estimate of drug-likeness (QED) is 0.176. The van der Waals surface area contributed by atoms with Crippen LogP contribution in [0.25, 0.3) is 161 Å². The molecule has 0 fully saturated rings. The van der Waals surface area contributed by atoms with Gasteiger partial charge in [0.15, 0.2) is 0 Å². The fraction of sp³-hybridized carbons (Fsp3) is 0. The van der Waals surface area contributed by atoms with E-state index in [0.29, 0.717) is 11.1 Å². The second kappa shape index (κ2) is 15.3. The van der Waals surface area contributed by atoms with Gasteiger partial charge in [-0.05, 0) is 71.8 Å². The number of fused-ring (bicyclic) bond motifs is 20. The highest BCUT2D eigenvalue weighted by Gasteiger charge is 2.34. The first-order valence-corrected chi connectivity index (χ1v) is 26.8. The fourth-order valence-electron chi connectivity index (χ4n) is 12.6. The molecule has 0 bridgehead atoms. The number of nitrogens with zero attached hydrogens (tertiary/aromatic N) is 4. The van der Waals surface area contributed by atoms with Crippen molar-refractivity contribution < 1.29 is 8.83 Å². The minimum absolute atomic E-state index is 0.280. The number of aromatic nitrogens is 2. The Hall–Kier alpha value is -9.96. The van der Waals surface area contributed by atoms with Crippen LogP contribution in [0, 0.1) is 22.7 Å². The first-order chi connectivity index (χ1) is 37.6. The number of thiophene rings is 2. The average molecular weight is 1000 g/mol. The topological polar surface area (TPSA) is 83.7 Å². The van der Waals surface area contributed by atoms with Crippen LogP contribution in [0.4, 0.5) is 0 Å². The van der Waals surface area contributed by atoms with Crippen molar-refractivity contribution in [1.29, 1.82) is 10.5 Å². The van der Waals surface area contributed by atoms with Crippen molar-refractivity contribution in [3.8, 4) is 45.8 Å². The lowest BCUT2D eigenvalue weighted by molar-refractivity contribution is 0.668. The number of benzene rings is 11. The molecule has 0 radical (unpaired) electrons. The largest absolute Gasteiger partial charge is 0.456 e. The maximum absolute atomic E-state index is 12.1. The van der Waals surface area contributed by atoms with E-state index in [1.54, 1.807) is 22.7 Å². The third-order valence-corrected chi connectivity index (χ3v) is 18.2. The zero-order valence-corrected chi connectivity index (χ0v) is 41.7. The molecule has 6 nitrogen and oxygen atoms in total. The van der Waals surface area contributed by atoms with E-state index in [1.165, 1.54) is 20.2 Å². The van der Waals surface area contributed by atoms with Crippen molar-refractivity contribution in [2.24, 2.45) is 0 Å². The van der Waals surface area contributed by atoms with Gasteiger partial charge in [-0.25, -0.2) is 0 Å². The number of rotatable bonds is 4. The smallest absolute Gasteiger partial charge is 0.135 e. The van der Waals surface area contributed by atoms with Crippen molar-refractivity contribution >= 4 is 151 Å². The van der Waals surface area contributed by atoms with E-state index in [4.69, 9.17) is 8.83 Å². The summed E-state index contributed by atoms with van der Waals surface area (Å²) in [6, 6.07) is 77.8. The maximum Gasteiger partial charge on any atom is 0.135 e. The van der Waals surface area contributed by atoms with Gasteiger partial charge in [0, 0.05) is 85.2 Å². The van der Waals surface area contributed by atoms with Crippen LogP contribution in [-0.4, -0.2) is 9.13 Å². The molecule has 0 aliphatic rings. The van der Waals surface area contributed by atoms with Gasteiger partial charge in [0.2, 0.25) is 0 Å². The van der Waals surface area contributed by atoms with Gasteiger partial charge >= 0.3 is 0 Å². The zero-order chi connectivity index (χ0) is 49.9. The van der Waals surface area contributed by atoms with Crippen LogP contribution in [-0.2, 0) is 0 Å². The second-order valence-electron chi connectivity index (χ2n) is 19.6. The molecule has 0 saturated heterocycles. The Kier molecular flexibility index (Phi) is 8.36. The molecule has 0 atom stereocenters. The SMILES string of the molecule is N#Cc1c(C#N)c(-c2ccc3oc4ccccc4c3c2)c(-n2c3ccccc3c3ccc4c5ccccc5sc4c32)c(-n2c3ccccc3c3ccc4c5ccccc5sc4c32)c1-c1ccc2oc3ccccc3c2c1. The highest BCUT2D eigenvalue weighted by Crippen LogP contribution is 2.53. The van der Waals surface area contributed by atoms with E-state index >= 15 is 0 Å². The molecule has 17 rings (SSSR count). The molecule has 0 amide bonds. The molecule has 8 heteroatoms. The van der Waals surface area contributed by atoms with Crippen LogP contribution in [0.3, 0.4) is 0 Å². The summed E-state index contributed by atoms with van der Waals surface area (Å²) in [5.74, 6) is 0. The lowest BCUT2D eigenvalue weighted by Gasteiger charge is -2.26. The van der Waals surface area contributed by atoms with Crippen LogP contribution < -0.4 is 0 Å². The Labute approximate surface area is 439 Å². The number of hydrogen-bond acceptors (Lipinski definition) is 6. The van der Waals surface area contributed by atoms with Gasteiger partial charge < -0.3 is 18.0 Å². The Bertz CT molecular complexity index is 5190. The summed E-state index contributed by atoms with van der Waals surface area (Å²) in [6.45, 7) is 0. The van der Waals surface area contributed by atoms with Crippen LogP contribution in [0.2, 0.25) is 0 Å². The summed E-state index contributed by atoms with van der Waals surface area (Å²) in [5, 5.41) is 37.1. The summed E-state index contributed by atoms with van der Waals surface area (Å²) in [5.41, 5.74) is 12.0. The highest BCUT2D eigenvalue weighted by atomic mass is 32.1. The van der Waals surface area contributed by atoms with Crippen LogP contribution in [0.5, 0.6) is 0 Å². The third kappa shape index (κ3) is 5.45. The van der Waals surface area contributed by atoms with Crippen molar-refractivity contribution in [3.63, 3.8) is 0 Å². The van der Waals surface area contributed by atoms with Gasteiger partial charge in [-0.3, -0.25) is 0 Å². The van der Waals surface area contributed by atoms with E-state index < -0.39 is 0 Å². The van der Waals surface area contributed by atoms with Crippen molar-refractivity contribution in [2.45, 2.75) is 0 Å². The van der Waals surface area contributed by atoms with E-state index in [9.17, 15) is 10.5 Å². The number of para-hydroxylation sites is 4. The molecule has 0 aliphatic heterocycles. The number of hydrogen-bond donors (Lipinski definition) is 0. The number of furan rings is 2. The van der Waals surface area contributed by atoms with Crippen molar-refractivity contribution in [1.82, 2.24) is 9.13 Å². The van der Waals surface area contributed by atoms with E-state index in [-0.39, 0.29) is 11.1 Å². The molecule has 0 spiro atoms. The van der Waals surface area contributed by atoms with Crippen LogP contribution >= 0.6 is 22.7 Å². The summed E-state index contributed by atoms with van der Waals surface area (Å²) < 4.78 is 22.5. The van der Waals surface area contributed by atoms with Gasteiger partial charge in [-0.1, -0.05) is 146 Å². The first kappa shape index (κ1) is 41.5. The third-order valence-electron chi connectivity index (χ3n) is 15.8. The molecule has 350 valence electrons. The zero-order valence-electron chi connectivity index (χ0n) is 40.1. The van der Waals surface area contributed by atoms with Crippen molar-refractivity contribution in [2.75, 3.05) is 0 Å². The van der Waals surface area contributed by atoms with E-state index in [0.717, 1.165) is 130 Å². The molecule has 0 saturated carbocycles. The molecule has 0 N–H and O–H groups in total. The predicted octanol–water partition coefficient (Wildman–Crippen LogP) is 19.5. The molecular formula is C68H34N4O2S2. The molecule has 6 aromatic heterocycles. The fourth-order valence-corrected chi connectivity index (χ4v) is 15.1. The van der Waals surface area contributed by atoms with Gasteiger partial charge in [0.05, 0.1) is 54.0 Å². The maximum atomic E-state index is 12.1. The minimum Gasteiger partial charge on any atom is -0.456 e. The summed E-state index contributed by atoms with van der Waals surface area (Å²) >= 11 is 3.58. The second-order valence-corrected chi connectivity index (χ2v) is 21.7. The summed E-state index contributed by atoms with van der Waals surface area (Å²) in [6.07, 6.45) is 0. The van der Waals surface area contributed by atoms with Crippen LogP contribution in [0.1, 0.15) is 11.1 Å². The molecule has 0 unspecified atom stereocenters. The van der Waals surface area contributed by atoms with Crippen LogP contribution in [0.15, 0.2) is 215 Å². The van der Waals surface area contributed by atoms with E-state index in [2.05, 4.69) is 179 Å². The predicted molar refractivity (Wildman–Crippen MR) is 316 cm³/mol. The summed E-state index contributed by atoms with van der Waals surface area (Å²) in [7, 11) is 0. The molecule has 17 aromatic rings. The first-order valence-electron chi connectivity index (χ1n) is 25.2. The molecule has 0 aliphatic carbocycles. The average Bonchev–Trinajstić information content (AvgIpc) is 4.42. The Morgan fingerprint density at radius 3 is 1.14 bits per heavy atom. The summed E-state index contributed by atoms with van der Waals surface area (Å²) in [4.78, 5) is 0. The van der Waals surface area contributed by atoms with Gasteiger partial charge in [0.1, 0.15) is 34.5 Å². The number of nitriles is 2. The molecule has 76 heavy (non-hydrogen) atoms. The van der Waals surface area contributed by atoms with E-state index in [1.807, 2.05) is 48.5 Å². The normalized spacial score (nSPS) is 12.2. The molecule has 11 aromatic carbocycles. The van der Waals surface area contributed by atoms with Gasteiger partial charge in [-0.15, -0.1) is 22.7 Å². The van der Waals surface area contributed by atoms with Gasteiger partial charge in [-0.2, -0.15) is 10.5 Å². The Morgan fingerprint density at radius 1 is 0.329 bits per heavy atom. The monoisotopic (exact) mass is 1000 g/mol. The van der Waals surface area contributed by atoms with Gasteiger partial charge in [0.25, 0.3) is 0 Å². The van der Waals surface area contributed by atoms with Crippen molar-refractivity contribution in [3.05, 3.63) is 217 Å².